The molecule has 1 amide bonds. The van der Waals surface area contributed by atoms with Crippen LogP contribution in [-0.4, -0.2) is 24.0 Å². The van der Waals surface area contributed by atoms with E-state index >= 15 is 0 Å². The molecule has 0 aliphatic carbocycles. The molecule has 0 unspecified atom stereocenters. The van der Waals surface area contributed by atoms with Gasteiger partial charge in [0.15, 0.2) is 0 Å². The summed E-state index contributed by atoms with van der Waals surface area (Å²) in [6.45, 7) is 2.13. The first-order valence-electron chi connectivity index (χ1n) is 9.78. The first-order chi connectivity index (χ1) is 13.8. The van der Waals surface area contributed by atoms with E-state index in [0.717, 1.165) is 29.7 Å². The highest BCUT2D eigenvalue weighted by molar-refractivity contribution is 5.84. The van der Waals surface area contributed by atoms with Crippen molar-refractivity contribution in [2.24, 2.45) is 5.41 Å². The van der Waals surface area contributed by atoms with E-state index in [9.17, 15) is 4.79 Å². The highest BCUT2D eigenvalue weighted by atomic mass is 16.2. The van der Waals surface area contributed by atoms with E-state index in [0.29, 0.717) is 19.5 Å². The summed E-state index contributed by atoms with van der Waals surface area (Å²) in [4.78, 5) is 17.5. The Balaban J connectivity index is 1.57. The fraction of sp³-hybridized carbons (Fsp3) is 0.250. The largest absolute Gasteiger partial charge is 0.351 e. The molecule has 1 atom stereocenters. The Hall–Kier alpha value is -2.98. The molecule has 1 saturated heterocycles. The minimum absolute atomic E-state index is 0.127. The van der Waals surface area contributed by atoms with E-state index in [1.54, 1.807) is 6.20 Å². The van der Waals surface area contributed by atoms with Crippen LogP contribution < -0.4 is 10.6 Å². The number of hydrogen-bond acceptors (Lipinski definition) is 3. The molecule has 2 N–H and O–H groups in total. The van der Waals surface area contributed by atoms with Gasteiger partial charge in [-0.1, -0.05) is 60.7 Å². The van der Waals surface area contributed by atoms with E-state index in [1.165, 1.54) is 5.56 Å². The molecule has 4 nitrogen and oxygen atoms in total. The van der Waals surface area contributed by atoms with Crippen LogP contribution in [0.2, 0.25) is 0 Å². The molecule has 1 aliphatic heterocycles. The van der Waals surface area contributed by atoms with Gasteiger partial charge >= 0.3 is 0 Å². The minimum Gasteiger partial charge on any atom is -0.351 e. The Morgan fingerprint density at radius 3 is 2.61 bits per heavy atom. The number of nitrogens with one attached hydrogen (secondary N) is 2. The van der Waals surface area contributed by atoms with Gasteiger partial charge in [-0.15, -0.1) is 0 Å². The average molecular weight is 371 g/mol. The lowest BCUT2D eigenvalue weighted by molar-refractivity contribution is -0.130. The summed E-state index contributed by atoms with van der Waals surface area (Å²) in [6.07, 6.45) is 5.22. The topological polar surface area (TPSA) is 54.0 Å². The molecule has 0 bridgehead atoms. The van der Waals surface area contributed by atoms with Crippen molar-refractivity contribution in [2.45, 2.75) is 19.4 Å². The molecule has 1 fully saturated rings. The Labute approximate surface area is 166 Å². The van der Waals surface area contributed by atoms with E-state index < -0.39 is 5.41 Å². The number of carbonyl (C=O) groups is 1. The number of amides is 1. The van der Waals surface area contributed by atoms with Crippen molar-refractivity contribution in [3.05, 3.63) is 90.3 Å². The summed E-state index contributed by atoms with van der Waals surface area (Å²) in [7, 11) is 0. The summed E-state index contributed by atoms with van der Waals surface area (Å²) in [5, 5.41) is 6.57. The zero-order valence-electron chi connectivity index (χ0n) is 15.9. The number of nitrogens with zero attached hydrogens (tertiary/aromatic N) is 1. The van der Waals surface area contributed by atoms with Crippen LogP contribution in [0.3, 0.4) is 0 Å². The second-order valence-corrected chi connectivity index (χ2v) is 7.45. The summed E-state index contributed by atoms with van der Waals surface area (Å²) < 4.78 is 0. The standard InChI is InChI=1S/C24H25N3O/c28-23(27-16-19-7-2-1-3-8-19)24(12-14-26-18-24)15-20-9-4-5-11-22(20)21-10-6-13-25-17-21/h1-11,13,17,26H,12,14-16,18H2,(H,27,28)/t24-/m1/s1. The van der Waals surface area contributed by atoms with Crippen LogP contribution in [0.25, 0.3) is 11.1 Å². The lowest BCUT2D eigenvalue weighted by atomic mass is 9.78. The quantitative estimate of drug-likeness (QED) is 0.696. The molecule has 2 aromatic carbocycles. The van der Waals surface area contributed by atoms with Gasteiger partial charge in [-0.25, -0.2) is 0 Å². The van der Waals surface area contributed by atoms with E-state index in [1.807, 2.05) is 54.7 Å². The second-order valence-electron chi connectivity index (χ2n) is 7.45. The predicted octanol–water partition coefficient (Wildman–Crippen LogP) is 3.59. The Morgan fingerprint density at radius 1 is 1.04 bits per heavy atom. The Kier molecular flexibility index (Phi) is 5.49. The smallest absolute Gasteiger partial charge is 0.228 e. The first-order valence-corrected chi connectivity index (χ1v) is 9.78. The average Bonchev–Trinajstić information content (AvgIpc) is 3.23. The fourth-order valence-electron chi connectivity index (χ4n) is 3.98. The van der Waals surface area contributed by atoms with Gasteiger partial charge in [-0.3, -0.25) is 9.78 Å². The molecular weight excluding hydrogens is 346 g/mol. The van der Waals surface area contributed by atoms with Gasteiger partial charge in [-0.05, 0) is 42.1 Å². The molecule has 0 radical (unpaired) electrons. The number of carbonyl (C=O) groups excluding carboxylic acids is 1. The summed E-state index contributed by atoms with van der Waals surface area (Å²) >= 11 is 0. The van der Waals surface area contributed by atoms with Crippen LogP contribution in [0, 0.1) is 5.41 Å². The Bertz CT molecular complexity index is 919. The van der Waals surface area contributed by atoms with Gasteiger partial charge in [0.05, 0.1) is 5.41 Å². The van der Waals surface area contributed by atoms with Gasteiger partial charge in [-0.2, -0.15) is 0 Å². The third-order valence-electron chi connectivity index (χ3n) is 5.54. The zero-order valence-corrected chi connectivity index (χ0v) is 15.9. The summed E-state index contributed by atoms with van der Waals surface area (Å²) in [5.41, 5.74) is 4.12. The van der Waals surface area contributed by atoms with Crippen molar-refractivity contribution in [3.8, 4) is 11.1 Å². The molecule has 4 heteroatoms. The van der Waals surface area contributed by atoms with Crippen molar-refractivity contribution >= 4 is 5.91 Å². The van der Waals surface area contributed by atoms with Crippen LogP contribution in [0.4, 0.5) is 0 Å². The van der Waals surface area contributed by atoms with E-state index in [4.69, 9.17) is 0 Å². The van der Waals surface area contributed by atoms with Gasteiger partial charge in [0.25, 0.3) is 0 Å². The number of pyridine rings is 1. The van der Waals surface area contributed by atoms with Gasteiger partial charge < -0.3 is 10.6 Å². The van der Waals surface area contributed by atoms with E-state index in [2.05, 4.69) is 33.8 Å². The van der Waals surface area contributed by atoms with Crippen LogP contribution in [-0.2, 0) is 17.8 Å². The maximum absolute atomic E-state index is 13.2. The van der Waals surface area contributed by atoms with E-state index in [-0.39, 0.29) is 5.91 Å². The van der Waals surface area contributed by atoms with Crippen molar-refractivity contribution in [1.29, 1.82) is 0 Å². The van der Waals surface area contributed by atoms with Crippen molar-refractivity contribution in [2.75, 3.05) is 13.1 Å². The second kappa shape index (κ2) is 8.36. The van der Waals surface area contributed by atoms with Crippen LogP contribution >= 0.6 is 0 Å². The third-order valence-corrected chi connectivity index (χ3v) is 5.54. The van der Waals surface area contributed by atoms with Crippen LogP contribution in [0.15, 0.2) is 79.1 Å². The van der Waals surface area contributed by atoms with Crippen molar-refractivity contribution < 1.29 is 4.79 Å². The lowest BCUT2D eigenvalue weighted by Gasteiger charge is -2.28. The zero-order chi connectivity index (χ0) is 19.2. The highest BCUT2D eigenvalue weighted by Crippen LogP contribution is 2.34. The van der Waals surface area contributed by atoms with Gasteiger partial charge in [0, 0.05) is 31.0 Å². The van der Waals surface area contributed by atoms with Crippen LogP contribution in [0.1, 0.15) is 17.5 Å². The summed E-state index contributed by atoms with van der Waals surface area (Å²) in [5.74, 6) is 0.127. The molecule has 28 heavy (non-hydrogen) atoms. The van der Waals surface area contributed by atoms with Crippen LogP contribution in [0.5, 0.6) is 0 Å². The SMILES string of the molecule is O=C(NCc1ccccc1)[C@@]1(Cc2ccccc2-c2cccnc2)CCNC1. The third kappa shape index (κ3) is 3.97. The molecule has 3 aromatic rings. The molecule has 0 spiro atoms. The van der Waals surface area contributed by atoms with Gasteiger partial charge in [0.2, 0.25) is 5.91 Å². The molecule has 1 aliphatic rings. The lowest BCUT2D eigenvalue weighted by Crippen LogP contribution is -2.44. The molecule has 0 saturated carbocycles. The molecular formula is C24H25N3O. The number of aromatic nitrogens is 1. The number of benzene rings is 2. The summed E-state index contributed by atoms with van der Waals surface area (Å²) in [6, 6.07) is 22.4. The monoisotopic (exact) mass is 371 g/mol. The van der Waals surface area contributed by atoms with Crippen molar-refractivity contribution in [3.63, 3.8) is 0 Å². The molecule has 2 heterocycles. The number of hydrogen-bond donors (Lipinski definition) is 2. The van der Waals surface area contributed by atoms with Gasteiger partial charge in [0.1, 0.15) is 0 Å². The molecule has 1 aromatic heterocycles. The minimum atomic E-state index is -0.424. The number of rotatable bonds is 6. The Morgan fingerprint density at radius 2 is 1.86 bits per heavy atom. The normalized spacial score (nSPS) is 18.7. The molecule has 4 rings (SSSR count). The highest BCUT2D eigenvalue weighted by Gasteiger charge is 2.41. The first kappa shape index (κ1) is 18.4. The maximum atomic E-state index is 13.2. The van der Waals surface area contributed by atoms with Crippen molar-refractivity contribution in [1.82, 2.24) is 15.6 Å². The molecule has 142 valence electrons. The maximum Gasteiger partial charge on any atom is 0.228 e. The predicted molar refractivity (Wildman–Crippen MR) is 112 cm³/mol. The fourth-order valence-corrected chi connectivity index (χ4v) is 3.98.